The van der Waals surface area contributed by atoms with E-state index in [0.29, 0.717) is 45.7 Å². The molecule has 4 nitrogen and oxygen atoms in total. The number of nitriles is 1. The zero-order chi connectivity index (χ0) is 25.9. The lowest BCUT2D eigenvalue weighted by Crippen LogP contribution is -2.11. The van der Waals surface area contributed by atoms with E-state index >= 15 is 0 Å². The predicted molar refractivity (Wildman–Crippen MR) is 137 cm³/mol. The number of aryl methyl sites for hydroxylation is 1. The first kappa shape index (κ1) is 25.2. The summed E-state index contributed by atoms with van der Waals surface area (Å²) >= 11 is 6.26. The third kappa shape index (κ3) is 5.45. The molecule has 0 amide bonds. The van der Waals surface area contributed by atoms with Crippen molar-refractivity contribution in [2.75, 3.05) is 0 Å². The molecule has 0 unspecified atom stereocenters. The van der Waals surface area contributed by atoms with Crippen LogP contribution in [0.1, 0.15) is 49.7 Å². The van der Waals surface area contributed by atoms with Gasteiger partial charge >= 0.3 is 0 Å². The van der Waals surface area contributed by atoms with Crippen molar-refractivity contribution in [1.29, 1.82) is 5.26 Å². The van der Waals surface area contributed by atoms with E-state index in [-0.39, 0.29) is 17.7 Å². The molecule has 1 aliphatic carbocycles. The minimum Gasteiger partial charge on any atom is -0.488 e. The van der Waals surface area contributed by atoms with Gasteiger partial charge in [0, 0.05) is 29.3 Å². The van der Waals surface area contributed by atoms with Crippen molar-refractivity contribution in [3.05, 3.63) is 82.1 Å². The zero-order valence-electron chi connectivity index (χ0n) is 20.1. The number of aromatic nitrogens is 2. The highest BCUT2D eigenvalue weighted by Crippen LogP contribution is 2.36. The molecular formula is C29H25ClF3N3O. The van der Waals surface area contributed by atoms with Crippen LogP contribution in [-0.4, -0.2) is 9.55 Å². The minimum absolute atomic E-state index is 0.101. The number of halogens is 4. The van der Waals surface area contributed by atoms with Crippen LogP contribution in [0, 0.1) is 34.7 Å². The van der Waals surface area contributed by atoms with Gasteiger partial charge in [-0.25, -0.2) is 18.2 Å². The van der Waals surface area contributed by atoms with E-state index in [2.05, 4.69) is 4.98 Å². The molecule has 0 radical (unpaired) electrons. The molecule has 1 aliphatic rings. The van der Waals surface area contributed by atoms with Gasteiger partial charge < -0.3 is 9.30 Å². The molecule has 37 heavy (non-hydrogen) atoms. The maximum Gasteiger partial charge on any atom is 0.161 e. The largest absolute Gasteiger partial charge is 0.488 e. The Morgan fingerprint density at radius 3 is 2.51 bits per heavy atom. The summed E-state index contributed by atoms with van der Waals surface area (Å²) in [6.07, 6.45) is 6.91. The topological polar surface area (TPSA) is 50.8 Å². The quantitative estimate of drug-likeness (QED) is 0.245. The zero-order valence-corrected chi connectivity index (χ0v) is 20.9. The fraction of sp³-hybridized carbons (Fsp3) is 0.310. The van der Waals surface area contributed by atoms with E-state index in [0.717, 1.165) is 31.4 Å². The third-order valence-corrected chi connectivity index (χ3v) is 7.26. The molecule has 0 bridgehead atoms. The summed E-state index contributed by atoms with van der Waals surface area (Å²) in [4.78, 5) is 4.66. The third-order valence-electron chi connectivity index (χ3n) is 7.03. The molecular weight excluding hydrogens is 499 g/mol. The summed E-state index contributed by atoms with van der Waals surface area (Å²) in [6, 6.07) is 13.4. The van der Waals surface area contributed by atoms with Gasteiger partial charge in [0.2, 0.25) is 0 Å². The van der Waals surface area contributed by atoms with E-state index in [1.165, 1.54) is 37.5 Å². The maximum atomic E-state index is 14.5. The van der Waals surface area contributed by atoms with Crippen LogP contribution in [0.5, 0.6) is 5.75 Å². The molecule has 1 saturated carbocycles. The monoisotopic (exact) mass is 523 g/mol. The van der Waals surface area contributed by atoms with Crippen molar-refractivity contribution in [3.63, 3.8) is 0 Å². The molecule has 1 aromatic heterocycles. The summed E-state index contributed by atoms with van der Waals surface area (Å²) in [7, 11) is 0. The highest BCUT2D eigenvalue weighted by molar-refractivity contribution is 6.30. The summed E-state index contributed by atoms with van der Waals surface area (Å²) in [5.74, 6) is -0.992. The number of benzene rings is 3. The van der Waals surface area contributed by atoms with Crippen LogP contribution in [0.2, 0.25) is 5.02 Å². The molecule has 190 valence electrons. The summed E-state index contributed by atoms with van der Waals surface area (Å²) < 4.78 is 50.7. The molecule has 0 spiro atoms. The van der Waals surface area contributed by atoms with E-state index in [4.69, 9.17) is 21.6 Å². The van der Waals surface area contributed by atoms with Gasteiger partial charge in [-0.15, -0.1) is 0 Å². The van der Waals surface area contributed by atoms with Crippen molar-refractivity contribution in [1.82, 2.24) is 9.55 Å². The van der Waals surface area contributed by atoms with Crippen molar-refractivity contribution in [3.8, 4) is 23.2 Å². The van der Waals surface area contributed by atoms with E-state index in [9.17, 15) is 13.2 Å². The lowest BCUT2D eigenvalue weighted by Gasteiger charge is -2.22. The van der Waals surface area contributed by atoms with Gasteiger partial charge in [-0.05, 0) is 42.7 Å². The van der Waals surface area contributed by atoms with Crippen molar-refractivity contribution in [2.45, 2.75) is 51.7 Å². The Kier molecular flexibility index (Phi) is 7.38. The SMILES string of the molecule is N#Cc1ccc(COc2cc(Cl)ccc2-c2nc3cc(F)c(F)cc3n2CCC2CCCCC2)c(F)c1. The first-order chi connectivity index (χ1) is 17.9. The first-order valence-corrected chi connectivity index (χ1v) is 12.8. The predicted octanol–water partition coefficient (Wildman–Crippen LogP) is 8.20. The maximum absolute atomic E-state index is 14.5. The molecule has 5 rings (SSSR count). The lowest BCUT2D eigenvalue weighted by atomic mass is 9.87. The summed E-state index contributed by atoms with van der Waals surface area (Å²) in [5.41, 5.74) is 1.93. The Morgan fingerprint density at radius 2 is 1.76 bits per heavy atom. The van der Waals surface area contributed by atoms with Gasteiger partial charge in [0.1, 0.15) is 24.0 Å². The second kappa shape index (κ2) is 10.9. The van der Waals surface area contributed by atoms with Gasteiger partial charge in [-0.3, -0.25) is 0 Å². The lowest BCUT2D eigenvalue weighted by molar-refractivity contribution is 0.300. The number of hydrogen-bond donors (Lipinski definition) is 0. The van der Waals surface area contributed by atoms with Crippen LogP contribution in [0.4, 0.5) is 13.2 Å². The highest BCUT2D eigenvalue weighted by atomic mass is 35.5. The van der Waals surface area contributed by atoms with Gasteiger partial charge in [0.25, 0.3) is 0 Å². The van der Waals surface area contributed by atoms with Gasteiger partial charge in [0.15, 0.2) is 11.6 Å². The first-order valence-electron chi connectivity index (χ1n) is 12.4. The number of hydrogen-bond acceptors (Lipinski definition) is 3. The van der Waals surface area contributed by atoms with Gasteiger partial charge in [0.05, 0.1) is 28.2 Å². The molecule has 0 aliphatic heterocycles. The van der Waals surface area contributed by atoms with E-state index < -0.39 is 17.5 Å². The molecule has 4 aromatic rings. The summed E-state index contributed by atoms with van der Waals surface area (Å²) in [5, 5.41) is 9.40. The molecule has 0 atom stereocenters. The number of nitrogens with zero attached hydrogens (tertiary/aromatic N) is 3. The standard InChI is InChI=1S/C29H25ClF3N3O/c30-21-8-9-22(28(13-21)37-17-20-7-6-19(16-34)12-23(20)31)29-35-26-14-24(32)25(33)15-27(26)36(29)11-10-18-4-2-1-3-5-18/h6-9,12-15,18H,1-5,10-11,17H2. The second-order valence-corrected chi connectivity index (χ2v) is 9.92. The number of fused-ring (bicyclic) bond motifs is 1. The Bertz CT molecular complexity index is 1490. The number of imidazole rings is 1. The van der Waals surface area contributed by atoms with Crippen molar-refractivity contribution < 1.29 is 17.9 Å². The fourth-order valence-electron chi connectivity index (χ4n) is 5.03. The Hall–Kier alpha value is -3.50. The van der Waals surface area contributed by atoms with Crippen molar-refractivity contribution in [2.24, 2.45) is 5.92 Å². The number of rotatable bonds is 7. The Balaban J connectivity index is 1.52. The van der Waals surface area contributed by atoms with E-state index in [1.54, 1.807) is 18.2 Å². The molecule has 0 saturated heterocycles. The second-order valence-electron chi connectivity index (χ2n) is 9.48. The highest BCUT2D eigenvalue weighted by Gasteiger charge is 2.21. The van der Waals surface area contributed by atoms with Gasteiger partial charge in [-0.2, -0.15) is 5.26 Å². The van der Waals surface area contributed by atoms with Crippen LogP contribution >= 0.6 is 11.6 Å². The average molecular weight is 524 g/mol. The molecule has 0 N–H and O–H groups in total. The van der Waals surface area contributed by atoms with Crippen LogP contribution in [0.25, 0.3) is 22.4 Å². The molecule has 1 heterocycles. The van der Waals surface area contributed by atoms with Crippen LogP contribution in [0.15, 0.2) is 48.5 Å². The average Bonchev–Trinajstić information content (AvgIpc) is 3.24. The number of ether oxygens (including phenoxy) is 1. The molecule has 3 aromatic carbocycles. The van der Waals surface area contributed by atoms with Crippen LogP contribution in [-0.2, 0) is 13.2 Å². The smallest absolute Gasteiger partial charge is 0.161 e. The normalized spacial score (nSPS) is 14.1. The van der Waals surface area contributed by atoms with Crippen LogP contribution in [0.3, 0.4) is 0 Å². The van der Waals surface area contributed by atoms with E-state index in [1.807, 2.05) is 10.6 Å². The minimum atomic E-state index is -0.958. The Morgan fingerprint density at radius 1 is 0.973 bits per heavy atom. The van der Waals surface area contributed by atoms with Crippen molar-refractivity contribution >= 4 is 22.6 Å². The Labute approximate surface area is 218 Å². The fourth-order valence-corrected chi connectivity index (χ4v) is 5.19. The molecule has 1 fully saturated rings. The summed E-state index contributed by atoms with van der Waals surface area (Å²) in [6.45, 7) is 0.490. The van der Waals surface area contributed by atoms with Crippen LogP contribution < -0.4 is 4.74 Å². The van der Waals surface area contributed by atoms with Gasteiger partial charge in [-0.1, -0.05) is 49.8 Å². The molecule has 8 heteroatoms.